The van der Waals surface area contributed by atoms with Crippen molar-refractivity contribution in [3.05, 3.63) is 59.6 Å². The maximum atomic E-state index is 15.7. The molecule has 0 aliphatic carbocycles. The van der Waals surface area contributed by atoms with E-state index in [0.717, 1.165) is 37.0 Å². The van der Waals surface area contributed by atoms with Gasteiger partial charge in [-0.2, -0.15) is 0 Å². The molecule has 29 heavy (non-hydrogen) atoms. The van der Waals surface area contributed by atoms with E-state index in [2.05, 4.69) is 20.2 Å². The van der Waals surface area contributed by atoms with Crippen LogP contribution in [-0.2, 0) is 0 Å². The third kappa shape index (κ3) is 3.05. The highest BCUT2D eigenvalue weighted by Gasteiger charge is 2.22. The molecular weight excluding hydrogens is 391 g/mol. The van der Waals surface area contributed by atoms with Crippen molar-refractivity contribution in [2.24, 2.45) is 0 Å². The first-order valence-corrected chi connectivity index (χ1v) is 9.82. The van der Waals surface area contributed by atoms with Crippen molar-refractivity contribution in [3.8, 4) is 16.9 Å². The van der Waals surface area contributed by atoms with Crippen molar-refractivity contribution < 1.29 is 9.50 Å². The lowest BCUT2D eigenvalue weighted by Gasteiger charge is -2.29. The first-order valence-electron chi connectivity index (χ1n) is 9.44. The summed E-state index contributed by atoms with van der Waals surface area (Å²) >= 11 is 6.60. The molecule has 5 nitrogen and oxygen atoms in total. The van der Waals surface area contributed by atoms with Crippen LogP contribution in [0.4, 0.5) is 10.2 Å². The van der Waals surface area contributed by atoms with Crippen LogP contribution in [0.2, 0.25) is 5.02 Å². The van der Waals surface area contributed by atoms with Gasteiger partial charge < -0.3 is 15.3 Å². The van der Waals surface area contributed by atoms with Crippen molar-refractivity contribution in [2.45, 2.75) is 0 Å². The predicted octanol–water partition coefficient (Wildman–Crippen LogP) is 4.36. The van der Waals surface area contributed by atoms with Gasteiger partial charge in [0.2, 0.25) is 0 Å². The number of nitrogens with zero attached hydrogens (tertiary/aromatic N) is 3. The Morgan fingerprint density at radius 1 is 1.03 bits per heavy atom. The lowest BCUT2D eigenvalue weighted by Crippen LogP contribution is -2.44. The molecule has 1 saturated heterocycles. The van der Waals surface area contributed by atoms with Gasteiger partial charge in [-0.05, 0) is 34.5 Å². The van der Waals surface area contributed by atoms with E-state index in [1.54, 1.807) is 12.1 Å². The molecule has 0 saturated carbocycles. The van der Waals surface area contributed by atoms with E-state index >= 15 is 4.39 Å². The van der Waals surface area contributed by atoms with Crippen molar-refractivity contribution in [2.75, 3.05) is 31.1 Å². The summed E-state index contributed by atoms with van der Waals surface area (Å²) in [4.78, 5) is 10.7. The lowest BCUT2D eigenvalue weighted by atomic mass is 9.96. The molecule has 146 valence electrons. The number of aromatic nitrogens is 2. The Morgan fingerprint density at radius 3 is 2.66 bits per heavy atom. The molecular formula is C22H18ClFN4O. The summed E-state index contributed by atoms with van der Waals surface area (Å²) in [5.41, 5.74) is 0.990. The number of anilines is 1. The fourth-order valence-electron chi connectivity index (χ4n) is 3.99. The largest absolute Gasteiger partial charge is 0.508 e. The molecule has 0 unspecified atom stereocenters. The Balaban J connectivity index is 1.77. The molecule has 1 aromatic heterocycles. The van der Waals surface area contributed by atoms with E-state index in [4.69, 9.17) is 11.6 Å². The summed E-state index contributed by atoms with van der Waals surface area (Å²) in [5, 5.41) is 15.9. The molecule has 0 atom stereocenters. The van der Waals surface area contributed by atoms with Crippen LogP contribution in [0.3, 0.4) is 0 Å². The van der Waals surface area contributed by atoms with Gasteiger partial charge in [0.05, 0.1) is 5.02 Å². The number of piperazine rings is 1. The second kappa shape index (κ2) is 7.13. The zero-order valence-corrected chi connectivity index (χ0v) is 16.2. The monoisotopic (exact) mass is 408 g/mol. The minimum absolute atomic E-state index is 0.0541. The number of nitrogens with one attached hydrogen (secondary N) is 1. The molecule has 2 heterocycles. The van der Waals surface area contributed by atoms with Gasteiger partial charge in [0.25, 0.3) is 0 Å². The average molecular weight is 409 g/mol. The van der Waals surface area contributed by atoms with E-state index in [1.165, 1.54) is 12.4 Å². The van der Waals surface area contributed by atoms with Crippen LogP contribution in [0, 0.1) is 5.82 Å². The number of phenols is 1. The molecule has 3 aromatic carbocycles. The smallest absolute Gasteiger partial charge is 0.158 e. The Labute approximate surface area is 171 Å². The molecule has 0 spiro atoms. The Bertz CT molecular complexity index is 1240. The first-order chi connectivity index (χ1) is 14.1. The van der Waals surface area contributed by atoms with Gasteiger partial charge in [0, 0.05) is 37.1 Å². The highest BCUT2D eigenvalue weighted by Crippen LogP contribution is 2.41. The van der Waals surface area contributed by atoms with Crippen LogP contribution in [0.15, 0.2) is 48.8 Å². The topological polar surface area (TPSA) is 61.3 Å². The van der Waals surface area contributed by atoms with Gasteiger partial charge in [0.1, 0.15) is 23.4 Å². The summed E-state index contributed by atoms with van der Waals surface area (Å²) in [6, 6.07) is 12.4. The quantitative estimate of drug-likeness (QED) is 0.516. The number of rotatable bonds is 2. The highest BCUT2D eigenvalue weighted by atomic mass is 35.5. The van der Waals surface area contributed by atoms with Crippen molar-refractivity contribution >= 4 is 39.1 Å². The van der Waals surface area contributed by atoms with Gasteiger partial charge in [0.15, 0.2) is 5.82 Å². The van der Waals surface area contributed by atoms with E-state index in [0.29, 0.717) is 16.8 Å². The van der Waals surface area contributed by atoms with Gasteiger partial charge >= 0.3 is 0 Å². The van der Waals surface area contributed by atoms with Gasteiger partial charge in [-0.3, -0.25) is 0 Å². The summed E-state index contributed by atoms with van der Waals surface area (Å²) in [5.74, 6) is 0.227. The van der Waals surface area contributed by atoms with E-state index in [9.17, 15) is 5.11 Å². The minimum Gasteiger partial charge on any atom is -0.508 e. The Hall–Kier alpha value is -2.96. The molecule has 0 radical (unpaired) electrons. The molecule has 1 fully saturated rings. The maximum Gasteiger partial charge on any atom is 0.158 e. The summed E-state index contributed by atoms with van der Waals surface area (Å²) < 4.78 is 15.7. The van der Waals surface area contributed by atoms with E-state index in [-0.39, 0.29) is 21.9 Å². The number of aromatic hydroxyl groups is 1. The molecule has 0 amide bonds. The standard InChI is InChI=1S/C22H18ClFN4O/c23-18-11-17-21(26-12-27-22(17)28-7-5-25-6-8-28)20(24)19(18)16-10-14(29)9-13-3-1-2-4-15(13)16/h1-4,9-12,25,29H,5-8H2. The third-order valence-electron chi connectivity index (χ3n) is 5.33. The molecule has 7 heteroatoms. The Kier molecular flexibility index (Phi) is 4.45. The van der Waals surface area contributed by atoms with Crippen LogP contribution in [0.1, 0.15) is 0 Å². The fourth-order valence-corrected chi connectivity index (χ4v) is 4.29. The SMILES string of the molecule is Oc1cc(-c2c(Cl)cc3c(N4CCNCC4)ncnc3c2F)c2ccccc2c1. The molecule has 2 N–H and O–H groups in total. The zero-order chi connectivity index (χ0) is 20.0. The normalized spacial score (nSPS) is 14.6. The van der Waals surface area contributed by atoms with E-state index < -0.39 is 5.82 Å². The summed E-state index contributed by atoms with van der Waals surface area (Å²) in [6.07, 6.45) is 1.39. The van der Waals surface area contributed by atoms with Crippen molar-refractivity contribution in [3.63, 3.8) is 0 Å². The van der Waals surface area contributed by atoms with Gasteiger partial charge in [-0.15, -0.1) is 0 Å². The van der Waals surface area contributed by atoms with Crippen LogP contribution in [0.5, 0.6) is 5.75 Å². The molecule has 5 rings (SSSR count). The third-order valence-corrected chi connectivity index (χ3v) is 5.63. The number of phenolic OH excluding ortho intramolecular Hbond substituents is 1. The molecule has 1 aliphatic heterocycles. The maximum absolute atomic E-state index is 15.7. The average Bonchev–Trinajstić information content (AvgIpc) is 2.74. The fraction of sp³-hybridized carbons (Fsp3) is 0.182. The van der Waals surface area contributed by atoms with Gasteiger partial charge in [-0.1, -0.05) is 35.9 Å². The molecule has 0 bridgehead atoms. The summed E-state index contributed by atoms with van der Waals surface area (Å²) in [6.45, 7) is 3.25. The van der Waals surface area contributed by atoms with Crippen LogP contribution < -0.4 is 10.2 Å². The van der Waals surface area contributed by atoms with Crippen LogP contribution in [-0.4, -0.2) is 41.3 Å². The predicted molar refractivity (Wildman–Crippen MR) is 114 cm³/mol. The van der Waals surface area contributed by atoms with Crippen molar-refractivity contribution in [1.29, 1.82) is 0 Å². The van der Waals surface area contributed by atoms with E-state index in [1.807, 2.05) is 24.3 Å². The highest BCUT2D eigenvalue weighted by molar-refractivity contribution is 6.35. The second-order valence-electron chi connectivity index (χ2n) is 7.09. The number of hydrogen-bond acceptors (Lipinski definition) is 5. The Morgan fingerprint density at radius 2 is 1.83 bits per heavy atom. The second-order valence-corrected chi connectivity index (χ2v) is 7.50. The van der Waals surface area contributed by atoms with Gasteiger partial charge in [-0.25, -0.2) is 14.4 Å². The zero-order valence-electron chi connectivity index (χ0n) is 15.5. The number of hydrogen-bond donors (Lipinski definition) is 2. The lowest BCUT2D eigenvalue weighted by molar-refractivity contribution is 0.476. The number of fused-ring (bicyclic) bond motifs is 2. The molecule has 4 aromatic rings. The van der Waals surface area contributed by atoms with Crippen LogP contribution >= 0.6 is 11.6 Å². The van der Waals surface area contributed by atoms with Crippen LogP contribution in [0.25, 0.3) is 32.8 Å². The minimum atomic E-state index is -0.512. The molecule has 1 aliphatic rings. The number of benzene rings is 3. The number of halogens is 2. The first kappa shape index (κ1) is 18.1. The van der Waals surface area contributed by atoms with Crippen molar-refractivity contribution in [1.82, 2.24) is 15.3 Å². The summed E-state index contributed by atoms with van der Waals surface area (Å²) in [7, 11) is 0.